The zero-order valence-corrected chi connectivity index (χ0v) is 15.0. The van der Waals surface area contributed by atoms with Crippen molar-refractivity contribution in [2.24, 2.45) is 0 Å². The Hall–Kier alpha value is -2.69. The Morgan fingerprint density at radius 2 is 2.08 bits per heavy atom. The Bertz CT molecular complexity index is 801. The number of hydrogen-bond acceptors (Lipinski definition) is 4. The highest BCUT2D eigenvalue weighted by Crippen LogP contribution is 2.38. The lowest BCUT2D eigenvalue weighted by Crippen LogP contribution is -2.14. The van der Waals surface area contributed by atoms with Crippen LogP contribution in [0.3, 0.4) is 0 Å². The van der Waals surface area contributed by atoms with Crippen molar-refractivity contribution in [1.82, 2.24) is 0 Å². The van der Waals surface area contributed by atoms with Crippen molar-refractivity contribution in [3.8, 4) is 17.2 Å². The summed E-state index contributed by atoms with van der Waals surface area (Å²) in [5.74, 6) is 1.74. The summed E-state index contributed by atoms with van der Waals surface area (Å²) in [6, 6.07) is 9.29. The standard InChI is InChI=1S/C20H23NO4/c1-5-24-19-10-14-9-13(3)25-18(14)11-16(19)21-20(22)15-8-12(2)6-7-17(15)23-4/h6-8,10-11,13H,5,9H2,1-4H3,(H,21,22). The minimum absolute atomic E-state index is 0.132. The maximum Gasteiger partial charge on any atom is 0.259 e. The Morgan fingerprint density at radius 3 is 2.80 bits per heavy atom. The molecule has 1 aliphatic heterocycles. The number of benzene rings is 2. The van der Waals surface area contributed by atoms with Gasteiger partial charge in [-0.15, -0.1) is 0 Å². The summed E-state index contributed by atoms with van der Waals surface area (Å²) >= 11 is 0. The van der Waals surface area contributed by atoms with E-state index in [0.717, 1.165) is 23.3 Å². The average Bonchev–Trinajstić information content (AvgIpc) is 2.94. The van der Waals surface area contributed by atoms with E-state index in [0.29, 0.717) is 29.4 Å². The highest BCUT2D eigenvalue weighted by molar-refractivity contribution is 6.07. The lowest BCUT2D eigenvalue weighted by atomic mass is 10.1. The third-order valence-electron chi connectivity index (χ3n) is 4.15. The van der Waals surface area contributed by atoms with Gasteiger partial charge in [-0.25, -0.2) is 0 Å². The van der Waals surface area contributed by atoms with Crippen LogP contribution < -0.4 is 19.5 Å². The number of hydrogen-bond donors (Lipinski definition) is 1. The summed E-state index contributed by atoms with van der Waals surface area (Å²) in [5.41, 5.74) is 3.17. The maximum atomic E-state index is 12.8. The van der Waals surface area contributed by atoms with Crippen LogP contribution in [0.1, 0.15) is 35.3 Å². The van der Waals surface area contributed by atoms with Crippen molar-refractivity contribution in [1.29, 1.82) is 0 Å². The number of carbonyl (C=O) groups excluding carboxylic acids is 1. The first kappa shape index (κ1) is 17.1. The van der Waals surface area contributed by atoms with Crippen LogP contribution >= 0.6 is 0 Å². The van der Waals surface area contributed by atoms with Crippen molar-refractivity contribution in [2.75, 3.05) is 19.0 Å². The first-order valence-electron chi connectivity index (χ1n) is 8.44. The molecular weight excluding hydrogens is 318 g/mol. The zero-order chi connectivity index (χ0) is 18.0. The zero-order valence-electron chi connectivity index (χ0n) is 15.0. The first-order chi connectivity index (χ1) is 12.0. The molecule has 132 valence electrons. The number of anilines is 1. The molecule has 1 unspecified atom stereocenters. The minimum Gasteiger partial charge on any atom is -0.496 e. The smallest absolute Gasteiger partial charge is 0.259 e. The van der Waals surface area contributed by atoms with Crippen LogP contribution in [-0.4, -0.2) is 25.7 Å². The molecule has 0 aliphatic carbocycles. The van der Waals surface area contributed by atoms with E-state index in [1.165, 1.54) is 0 Å². The number of fused-ring (bicyclic) bond motifs is 1. The van der Waals surface area contributed by atoms with Crippen molar-refractivity contribution in [3.05, 3.63) is 47.0 Å². The summed E-state index contributed by atoms with van der Waals surface area (Å²) in [7, 11) is 1.55. The molecule has 25 heavy (non-hydrogen) atoms. The number of nitrogens with one attached hydrogen (secondary N) is 1. The molecule has 1 N–H and O–H groups in total. The fourth-order valence-corrected chi connectivity index (χ4v) is 3.00. The van der Waals surface area contributed by atoms with Gasteiger partial charge < -0.3 is 19.5 Å². The van der Waals surface area contributed by atoms with Gasteiger partial charge in [0.15, 0.2) is 0 Å². The molecule has 1 heterocycles. The summed E-state index contributed by atoms with van der Waals surface area (Å²) < 4.78 is 16.8. The Kier molecular flexibility index (Phi) is 4.83. The van der Waals surface area contributed by atoms with Gasteiger partial charge in [-0.2, -0.15) is 0 Å². The van der Waals surface area contributed by atoms with E-state index in [4.69, 9.17) is 14.2 Å². The highest BCUT2D eigenvalue weighted by atomic mass is 16.5. The molecule has 0 aromatic heterocycles. The van der Waals surface area contributed by atoms with Crippen molar-refractivity contribution < 1.29 is 19.0 Å². The van der Waals surface area contributed by atoms with E-state index in [1.54, 1.807) is 19.2 Å². The minimum atomic E-state index is -0.243. The molecule has 0 saturated carbocycles. The topological polar surface area (TPSA) is 56.8 Å². The third-order valence-corrected chi connectivity index (χ3v) is 4.15. The molecule has 0 radical (unpaired) electrons. The molecule has 5 nitrogen and oxygen atoms in total. The summed E-state index contributed by atoms with van der Waals surface area (Å²) in [6.45, 7) is 6.40. The third kappa shape index (κ3) is 3.55. The normalized spacial score (nSPS) is 15.3. The van der Waals surface area contributed by atoms with Crippen LogP contribution in [0, 0.1) is 6.92 Å². The summed E-state index contributed by atoms with van der Waals surface area (Å²) in [4.78, 5) is 12.8. The maximum absolute atomic E-state index is 12.8. The van der Waals surface area contributed by atoms with Gasteiger partial charge >= 0.3 is 0 Å². The summed E-state index contributed by atoms with van der Waals surface area (Å²) in [5, 5.41) is 2.93. The van der Waals surface area contributed by atoms with Gasteiger partial charge in [0.1, 0.15) is 23.4 Å². The number of methoxy groups -OCH3 is 1. The van der Waals surface area contributed by atoms with Crippen LogP contribution in [-0.2, 0) is 6.42 Å². The second-order valence-corrected chi connectivity index (χ2v) is 6.18. The van der Waals surface area contributed by atoms with Crippen molar-refractivity contribution in [3.63, 3.8) is 0 Å². The van der Waals surface area contributed by atoms with Gasteiger partial charge in [0, 0.05) is 18.1 Å². The second kappa shape index (κ2) is 7.05. The lowest BCUT2D eigenvalue weighted by molar-refractivity contribution is 0.102. The molecule has 0 saturated heterocycles. The average molecular weight is 341 g/mol. The van der Waals surface area contributed by atoms with E-state index in [1.807, 2.05) is 39.0 Å². The summed E-state index contributed by atoms with van der Waals surface area (Å²) in [6.07, 6.45) is 0.974. The monoisotopic (exact) mass is 341 g/mol. The van der Waals surface area contributed by atoms with E-state index in [2.05, 4.69) is 5.32 Å². The van der Waals surface area contributed by atoms with Crippen LogP contribution in [0.25, 0.3) is 0 Å². The lowest BCUT2D eigenvalue weighted by Gasteiger charge is -2.15. The largest absolute Gasteiger partial charge is 0.496 e. The van der Waals surface area contributed by atoms with Crippen LogP contribution in [0.5, 0.6) is 17.2 Å². The first-order valence-corrected chi connectivity index (χ1v) is 8.44. The molecule has 1 aliphatic rings. The Morgan fingerprint density at radius 1 is 1.28 bits per heavy atom. The number of aryl methyl sites for hydroxylation is 1. The van der Waals surface area contributed by atoms with Gasteiger partial charge in [0.2, 0.25) is 0 Å². The Balaban J connectivity index is 1.93. The van der Waals surface area contributed by atoms with Crippen LogP contribution in [0.2, 0.25) is 0 Å². The number of carbonyl (C=O) groups is 1. The number of amides is 1. The predicted octanol–water partition coefficient (Wildman–Crippen LogP) is 3.98. The highest BCUT2D eigenvalue weighted by Gasteiger charge is 2.23. The van der Waals surface area contributed by atoms with E-state index in [9.17, 15) is 4.79 Å². The van der Waals surface area contributed by atoms with Gasteiger partial charge in [-0.3, -0.25) is 4.79 Å². The predicted molar refractivity (Wildman–Crippen MR) is 97.1 cm³/mol. The molecule has 5 heteroatoms. The quantitative estimate of drug-likeness (QED) is 0.894. The second-order valence-electron chi connectivity index (χ2n) is 6.18. The van der Waals surface area contributed by atoms with Crippen LogP contribution in [0.4, 0.5) is 5.69 Å². The Labute approximate surface area is 147 Å². The molecule has 2 aromatic rings. The fourth-order valence-electron chi connectivity index (χ4n) is 3.00. The molecule has 3 rings (SSSR count). The van der Waals surface area contributed by atoms with E-state index in [-0.39, 0.29) is 12.0 Å². The number of ether oxygens (including phenoxy) is 3. The molecule has 0 bridgehead atoms. The van der Waals surface area contributed by atoms with Gasteiger partial charge in [0.25, 0.3) is 5.91 Å². The van der Waals surface area contributed by atoms with E-state index >= 15 is 0 Å². The molecule has 0 fully saturated rings. The molecule has 2 aromatic carbocycles. The molecule has 1 amide bonds. The van der Waals surface area contributed by atoms with Gasteiger partial charge in [-0.05, 0) is 39.0 Å². The van der Waals surface area contributed by atoms with Crippen molar-refractivity contribution in [2.45, 2.75) is 33.3 Å². The van der Waals surface area contributed by atoms with Crippen molar-refractivity contribution >= 4 is 11.6 Å². The molecular formula is C20H23NO4. The molecule has 0 spiro atoms. The van der Waals surface area contributed by atoms with Crippen LogP contribution in [0.15, 0.2) is 30.3 Å². The SMILES string of the molecule is CCOc1cc2c(cc1NC(=O)c1cc(C)ccc1OC)OC(C)C2. The fraction of sp³-hybridized carbons (Fsp3) is 0.350. The van der Waals surface area contributed by atoms with Gasteiger partial charge in [-0.1, -0.05) is 11.6 Å². The number of rotatable bonds is 5. The van der Waals surface area contributed by atoms with E-state index < -0.39 is 0 Å². The molecule has 1 atom stereocenters. The van der Waals surface area contributed by atoms with Gasteiger partial charge in [0.05, 0.1) is 25.0 Å².